The number of carboxylic acid groups (broad SMARTS) is 1. The van der Waals surface area contributed by atoms with Gasteiger partial charge in [-0.3, -0.25) is 4.79 Å². The third-order valence-electron chi connectivity index (χ3n) is 3.38. The summed E-state index contributed by atoms with van der Waals surface area (Å²) in [6.45, 7) is 0. The molecule has 0 unspecified atom stereocenters. The lowest BCUT2D eigenvalue weighted by Gasteiger charge is -2.24. The van der Waals surface area contributed by atoms with Crippen molar-refractivity contribution < 1.29 is 23.1 Å². The minimum absolute atomic E-state index is 0.210. The van der Waals surface area contributed by atoms with Gasteiger partial charge in [-0.15, -0.1) is 0 Å². The molecule has 0 aliphatic heterocycles. The highest BCUT2D eigenvalue weighted by molar-refractivity contribution is 5.81. The number of carboxylic acids is 1. The number of hydrogen-bond acceptors (Lipinski definition) is 1. The zero-order valence-electron chi connectivity index (χ0n) is 8.97. The lowest BCUT2D eigenvalue weighted by atomic mass is 9.78. The predicted molar refractivity (Wildman–Crippen MR) is 54.1 cm³/mol. The highest BCUT2D eigenvalue weighted by Gasteiger charge is 2.45. The smallest absolute Gasteiger partial charge is 0.314 e. The van der Waals surface area contributed by atoms with Crippen molar-refractivity contribution in [2.24, 2.45) is 0 Å². The monoisotopic (exact) mass is 244 g/mol. The van der Waals surface area contributed by atoms with Crippen LogP contribution in [0.1, 0.15) is 31.2 Å². The van der Waals surface area contributed by atoms with Crippen molar-refractivity contribution in [1.82, 2.24) is 0 Å². The molecule has 92 valence electrons. The largest absolute Gasteiger partial charge is 0.481 e. The zero-order chi connectivity index (χ0) is 12.6. The van der Waals surface area contributed by atoms with Crippen LogP contribution in [0.15, 0.2) is 12.1 Å². The fraction of sp³-hybridized carbons (Fsp3) is 0.417. The van der Waals surface area contributed by atoms with Gasteiger partial charge in [0.2, 0.25) is 0 Å². The lowest BCUT2D eigenvalue weighted by molar-refractivity contribution is -0.143. The van der Waals surface area contributed by atoms with E-state index in [1.54, 1.807) is 0 Å². The van der Waals surface area contributed by atoms with Crippen LogP contribution in [0.2, 0.25) is 0 Å². The topological polar surface area (TPSA) is 37.3 Å². The maximum absolute atomic E-state index is 13.6. The molecule has 2 rings (SSSR count). The molecule has 1 fully saturated rings. The zero-order valence-corrected chi connectivity index (χ0v) is 8.97. The standard InChI is InChI=1S/C12H11F3O2/c13-7-5-8(10(15)9(14)6-7)12(11(16)17)3-1-2-4-12/h5-6H,1-4H2,(H,16,17). The highest BCUT2D eigenvalue weighted by Crippen LogP contribution is 2.43. The van der Waals surface area contributed by atoms with Crippen LogP contribution in [-0.2, 0) is 10.2 Å². The van der Waals surface area contributed by atoms with Crippen LogP contribution in [0.5, 0.6) is 0 Å². The van der Waals surface area contributed by atoms with E-state index in [9.17, 15) is 23.1 Å². The molecule has 1 aromatic rings. The van der Waals surface area contributed by atoms with Gasteiger partial charge in [0.05, 0.1) is 5.41 Å². The van der Waals surface area contributed by atoms with Gasteiger partial charge in [0.15, 0.2) is 11.6 Å². The van der Waals surface area contributed by atoms with Crippen LogP contribution in [0, 0.1) is 17.5 Å². The summed E-state index contributed by atoms with van der Waals surface area (Å²) in [6.07, 6.45) is 1.65. The van der Waals surface area contributed by atoms with E-state index in [1.807, 2.05) is 0 Å². The Morgan fingerprint density at radius 1 is 1.18 bits per heavy atom. The molecule has 0 heterocycles. The van der Waals surface area contributed by atoms with Gasteiger partial charge in [0, 0.05) is 11.6 Å². The minimum atomic E-state index is -1.48. The maximum atomic E-state index is 13.6. The number of carbonyl (C=O) groups is 1. The minimum Gasteiger partial charge on any atom is -0.481 e. The first-order valence-electron chi connectivity index (χ1n) is 5.36. The van der Waals surface area contributed by atoms with Crippen LogP contribution in [0.4, 0.5) is 13.2 Å². The van der Waals surface area contributed by atoms with Crippen molar-refractivity contribution in [2.75, 3.05) is 0 Å². The molecule has 0 amide bonds. The average molecular weight is 244 g/mol. The normalized spacial score (nSPS) is 18.3. The van der Waals surface area contributed by atoms with Crippen LogP contribution < -0.4 is 0 Å². The molecular weight excluding hydrogens is 233 g/mol. The summed E-state index contributed by atoms with van der Waals surface area (Å²) in [5.74, 6) is -4.77. The quantitative estimate of drug-likeness (QED) is 0.812. The summed E-state index contributed by atoms with van der Waals surface area (Å²) in [7, 11) is 0. The molecule has 0 saturated heterocycles. The van der Waals surface area contributed by atoms with Gasteiger partial charge in [-0.2, -0.15) is 0 Å². The van der Waals surface area contributed by atoms with Gasteiger partial charge in [-0.25, -0.2) is 13.2 Å². The number of hydrogen-bond donors (Lipinski definition) is 1. The van der Waals surface area contributed by atoms with E-state index < -0.39 is 28.8 Å². The van der Waals surface area contributed by atoms with Gasteiger partial charge in [0.1, 0.15) is 5.82 Å². The van der Waals surface area contributed by atoms with Crippen LogP contribution >= 0.6 is 0 Å². The summed E-state index contributed by atoms with van der Waals surface area (Å²) >= 11 is 0. The Labute approximate surface area is 96.1 Å². The molecule has 0 bridgehead atoms. The maximum Gasteiger partial charge on any atom is 0.314 e. The molecule has 0 radical (unpaired) electrons. The third kappa shape index (κ3) is 1.79. The predicted octanol–water partition coefficient (Wildman–Crippen LogP) is 3.00. The Hall–Kier alpha value is -1.52. The highest BCUT2D eigenvalue weighted by atomic mass is 19.2. The second kappa shape index (κ2) is 4.05. The van der Waals surface area contributed by atoms with Crippen LogP contribution in [0.25, 0.3) is 0 Å². The summed E-state index contributed by atoms with van der Waals surface area (Å²) in [5, 5.41) is 9.21. The molecule has 0 spiro atoms. The summed E-state index contributed by atoms with van der Waals surface area (Å²) in [4.78, 5) is 11.3. The Bertz CT molecular complexity index is 465. The number of rotatable bonds is 2. The molecule has 1 aliphatic carbocycles. The average Bonchev–Trinajstić information content (AvgIpc) is 2.73. The summed E-state index contributed by atoms with van der Waals surface area (Å²) in [5.41, 5.74) is -1.85. The van der Waals surface area contributed by atoms with Gasteiger partial charge < -0.3 is 5.11 Å². The molecule has 1 aliphatic rings. The first-order valence-corrected chi connectivity index (χ1v) is 5.36. The Balaban J connectivity index is 2.62. The molecule has 17 heavy (non-hydrogen) atoms. The summed E-state index contributed by atoms with van der Waals surface area (Å²) < 4.78 is 39.8. The van der Waals surface area contributed by atoms with Gasteiger partial charge >= 0.3 is 5.97 Å². The SMILES string of the molecule is O=C(O)C1(c2cc(F)cc(F)c2F)CCCC1. The number of halogens is 3. The number of aliphatic carboxylic acids is 1. The first-order chi connectivity index (χ1) is 7.97. The second-order valence-corrected chi connectivity index (χ2v) is 4.34. The van der Waals surface area contributed by atoms with Crippen molar-refractivity contribution in [3.8, 4) is 0 Å². The van der Waals surface area contributed by atoms with Gasteiger partial charge in [0.25, 0.3) is 0 Å². The molecule has 1 aromatic carbocycles. The van der Waals surface area contributed by atoms with E-state index in [1.165, 1.54) is 0 Å². The van der Waals surface area contributed by atoms with Crippen molar-refractivity contribution in [2.45, 2.75) is 31.1 Å². The molecule has 1 N–H and O–H groups in total. The number of benzene rings is 1. The van der Waals surface area contributed by atoms with Crippen LogP contribution in [0.3, 0.4) is 0 Å². The lowest BCUT2D eigenvalue weighted by Crippen LogP contribution is -2.34. The Kier molecular flexibility index (Phi) is 2.85. The van der Waals surface area contributed by atoms with E-state index in [2.05, 4.69) is 0 Å². The molecule has 0 atom stereocenters. The Morgan fingerprint density at radius 3 is 2.29 bits per heavy atom. The fourth-order valence-corrected chi connectivity index (χ4v) is 2.48. The van der Waals surface area contributed by atoms with Crippen molar-refractivity contribution in [1.29, 1.82) is 0 Å². The first kappa shape index (κ1) is 12.0. The molecular formula is C12H11F3O2. The Morgan fingerprint density at radius 2 is 1.76 bits per heavy atom. The fourth-order valence-electron chi connectivity index (χ4n) is 2.48. The van der Waals surface area contributed by atoms with Crippen molar-refractivity contribution >= 4 is 5.97 Å². The van der Waals surface area contributed by atoms with Gasteiger partial charge in [-0.05, 0) is 18.9 Å². The summed E-state index contributed by atoms with van der Waals surface area (Å²) in [6, 6.07) is 1.21. The molecule has 2 nitrogen and oxygen atoms in total. The van der Waals surface area contributed by atoms with Gasteiger partial charge in [-0.1, -0.05) is 12.8 Å². The van der Waals surface area contributed by atoms with Crippen molar-refractivity contribution in [3.63, 3.8) is 0 Å². The van der Waals surface area contributed by atoms with E-state index in [-0.39, 0.29) is 18.4 Å². The third-order valence-corrected chi connectivity index (χ3v) is 3.38. The second-order valence-electron chi connectivity index (χ2n) is 4.34. The molecule has 5 heteroatoms. The molecule has 1 saturated carbocycles. The van der Waals surface area contributed by atoms with Crippen molar-refractivity contribution in [3.05, 3.63) is 35.1 Å². The van der Waals surface area contributed by atoms with E-state index in [0.717, 1.165) is 6.07 Å². The van der Waals surface area contributed by atoms with E-state index in [0.29, 0.717) is 18.9 Å². The van der Waals surface area contributed by atoms with Crippen LogP contribution in [-0.4, -0.2) is 11.1 Å². The van der Waals surface area contributed by atoms with E-state index >= 15 is 0 Å². The van der Waals surface area contributed by atoms with E-state index in [4.69, 9.17) is 0 Å². The molecule has 0 aromatic heterocycles.